The van der Waals surface area contributed by atoms with Crippen molar-refractivity contribution in [3.05, 3.63) is 75.3 Å². The second kappa shape index (κ2) is 6.23. The first-order valence-corrected chi connectivity index (χ1v) is 7.46. The molecule has 0 amide bonds. The van der Waals surface area contributed by atoms with Crippen LogP contribution in [0.25, 0.3) is 0 Å². The number of hydrogen-bond acceptors (Lipinski definition) is 5. The van der Waals surface area contributed by atoms with Crippen LogP contribution in [-0.2, 0) is 0 Å². The molecule has 0 saturated heterocycles. The van der Waals surface area contributed by atoms with E-state index in [9.17, 15) is 19.7 Å². The van der Waals surface area contributed by atoms with Gasteiger partial charge in [0.25, 0.3) is 0 Å². The molecule has 0 spiro atoms. The van der Waals surface area contributed by atoms with Gasteiger partial charge in [0.05, 0.1) is 18.9 Å². The van der Waals surface area contributed by atoms with Crippen molar-refractivity contribution < 1.29 is 19.2 Å². The van der Waals surface area contributed by atoms with Gasteiger partial charge in [-0.2, -0.15) is 0 Å². The quantitative estimate of drug-likeness (QED) is 0.479. The van der Waals surface area contributed by atoms with Crippen molar-refractivity contribution >= 4 is 11.6 Å². The van der Waals surface area contributed by atoms with Crippen LogP contribution in [0.1, 0.15) is 32.2 Å². The van der Waals surface area contributed by atoms with Gasteiger partial charge >= 0.3 is 0 Å². The van der Waals surface area contributed by atoms with Gasteiger partial charge in [0.15, 0.2) is 11.6 Å². The molecule has 6 heteroatoms. The molecule has 1 aliphatic carbocycles. The first kappa shape index (κ1) is 15.9. The molecule has 0 saturated carbocycles. The molecule has 0 radical (unpaired) electrons. The molecule has 3 rings (SSSR count). The number of ketones is 2. The summed E-state index contributed by atoms with van der Waals surface area (Å²) in [5.74, 6) is -2.27. The average Bonchev–Trinajstić information content (AvgIpc) is 2.84. The molecule has 24 heavy (non-hydrogen) atoms. The Labute approximate surface area is 138 Å². The molecule has 0 bridgehead atoms. The summed E-state index contributed by atoms with van der Waals surface area (Å²) in [7, 11) is 1.45. The van der Waals surface area contributed by atoms with Gasteiger partial charge < -0.3 is 4.74 Å². The van der Waals surface area contributed by atoms with Gasteiger partial charge in [-0.3, -0.25) is 19.7 Å². The van der Waals surface area contributed by atoms with E-state index in [0.717, 1.165) is 0 Å². The number of methoxy groups -OCH3 is 1. The van der Waals surface area contributed by atoms with Crippen LogP contribution in [0.2, 0.25) is 0 Å². The molecular formula is C18H15NO5. The Morgan fingerprint density at radius 3 is 2.12 bits per heavy atom. The Balaban J connectivity index is 2.10. The monoisotopic (exact) mass is 325 g/mol. The van der Waals surface area contributed by atoms with E-state index in [1.54, 1.807) is 48.5 Å². The van der Waals surface area contributed by atoms with Crippen molar-refractivity contribution in [2.75, 3.05) is 13.7 Å². The molecule has 6 nitrogen and oxygen atoms in total. The summed E-state index contributed by atoms with van der Waals surface area (Å²) in [5, 5.41) is 11.2. The first-order valence-electron chi connectivity index (χ1n) is 7.46. The second-order valence-electron chi connectivity index (χ2n) is 5.62. The lowest BCUT2D eigenvalue weighted by Gasteiger charge is -2.20. The van der Waals surface area contributed by atoms with Gasteiger partial charge in [0.2, 0.25) is 6.54 Å². The number of hydrogen-bond donors (Lipinski definition) is 0. The third kappa shape index (κ3) is 2.56. The van der Waals surface area contributed by atoms with E-state index < -0.39 is 23.3 Å². The van der Waals surface area contributed by atoms with Crippen LogP contribution in [-0.4, -0.2) is 30.1 Å². The molecule has 2 aromatic carbocycles. The normalized spacial score (nSPS) is 15.2. The summed E-state index contributed by atoms with van der Waals surface area (Å²) in [6.45, 7) is -0.517. The number of fused-ring (bicyclic) bond motifs is 1. The minimum Gasteiger partial charge on any atom is -0.496 e. The molecule has 1 aliphatic rings. The number of ether oxygens (including phenoxy) is 1. The van der Waals surface area contributed by atoms with Crippen LogP contribution in [0.5, 0.6) is 5.75 Å². The van der Waals surface area contributed by atoms with E-state index in [2.05, 4.69) is 0 Å². The SMILES string of the molecule is COc1ccccc1C(C[N+](=O)[O-])C1C(=O)c2ccccc2C1=O. The van der Waals surface area contributed by atoms with Crippen LogP contribution < -0.4 is 4.74 Å². The zero-order chi connectivity index (χ0) is 17.3. The first-order chi connectivity index (χ1) is 11.5. The molecule has 0 N–H and O–H groups in total. The molecule has 122 valence electrons. The molecule has 0 aliphatic heterocycles. The second-order valence-corrected chi connectivity index (χ2v) is 5.62. The summed E-state index contributed by atoms with van der Waals surface area (Å²) < 4.78 is 5.27. The van der Waals surface area contributed by atoms with Crippen molar-refractivity contribution in [3.8, 4) is 5.75 Å². The Hall–Kier alpha value is -3.02. The maximum absolute atomic E-state index is 12.7. The van der Waals surface area contributed by atoms with E-state index in [0.29, 0.717) is 22.4 Å². The van der Waals surface area contributed by atoms with Crippen LogP contribution in [0.3, 0.4) is 0 Å². The zero-order valence-corrected chi connectivity index (χ0v) is 13.0. The van der Waals surface area contributed by atoms with E-state index in [1.807, 2.05) is 0 Å². The van der Waals surface area contributed by atoms with Gasteiger partial charge in [-0.1, -0.05) is 42.5 Å². The summed E-state index contributed by atoms with van der Waals surface area (Å²) in [4.78, 5) is 36.1. The fraction of sp³-hybridized carbons (Fsp3) is 0.222. The maximum atomic E-state index is 12.7. The van der Waals surface area contributed by atoms with Gasteiger partial charge in [-0.05, 0) is 6.07 Å². The Bertz CT molecular complexity index is 795. The predicted molar refractivity (Wildman–Crippen MR) is 86.2 cm³/mol. The fourth-order valence-corrected chi connectivity index (χ4v) is 3.25. The maximum Gasteiger partial charge on any atom is 0.211 e. The fourth-order valence-electron chi connectivity index (χ4n) is 3.25. The number of para-hydroxylation sites is 1. The minimum absolute atomic E-state index is 0.329. The molecular weight excluding hydrogens is 310 g/mol. The molecule has 1 unspecified atom stereocenters. The highest BCUT2D eigenvalue weighted by Crippen LogP contribution is 2.39. The molecule has 2 aromatic rings. The standard InChI is InChI=1S/C18H15NO5/c1-24-15-9-5-4-6-11(15)14(10-19(22)23)16-17(20)12-7-2-3-8-13(12)18(16)21/h2-9,14,16H,10H2,1H3. The number of nitrogens with zero attached hydrogens (tertiary/aromatic N) is 1. The van der Waals surface area contributed by atoms with Gasteiger partial charge in [-0.15, -0.1) is 0 Å². The van der Waals surface area contributed by atoms with Crippen molar-refractivity contribution in [3.63, 3.8) is 0 Å². The Morgan fingerprint density at radius 1 is 1.04 bits per heavy atom. The summed E-state index contributed by atoms with van der Waals surface area (Å²) in [5.41, 5.74) is 1.16. The zero-order valence-electron chi connectivity index (χ0n) is 13.0. The van der Waals surface area contributed by atoms with Crippen LogP contribution in [0.4, 0.5) is 0 Å². The summed E-state index contributed by atoms with van der Waals surface area (Å²) in [6.07, 6.45) is 0. The van der Waals surface area contributed by atoms with Crippen molar-refractivity contribution in [2.45, 2.75) is 5.92 Å². The van der Waals surface area contributed by atoms with Crippen molar-refractivity contribution in [1.82, 2.24) is 0 Å². The average molecular weight is 325 g/mol. The Kier molecular flexibility index (Phi) is 4.12. The lowest BCUT2D eigenvalue weighted by molar-refractivity contribution is -0.484. The van der Waals surface area contributed by atoms with Gasteiger partial charge in [0.1, 0.15) is 5.75 Å². The summed E-state index contributed by atoms with van der Waals surface area (Å²) >= 11 is 0. The minimum atomic E-state index is -1.09. The van der Waals surface area contributed by atoms with E-state index in [1.165, 1.54) is 7.11 Å². The van der Waals surface area contributed by atoms with Crippen LogP contribution in [0, 0.1) is 16.0 Å². The molecule has 0 heterocycles. The van der Waals surface area contributed by atoms with Crippen LogP contribution >= 0.6 is 0 Å². The highest BCUT2D eigenvalue weighted by molar-refractivity contribution is 6.26. The molecule has 0 fully saturated rings. The number of Topliss-reactive ketones (excluding diaryl/α,β-unsaturated/α-hetero) is 2. The highest BCUT2D eigenvalue weighted by Gasteiger charge is 2.46. The predicted octanol–water partition coefficient (Wildman–Crippen LogP) is 2.75. The number of benzene rings is 2. The van der Waals surface area contributed by atoms with Crippen molar-refractivity contribution in [2.24, 2.45) is 5.92 Å². The van der Waals surface area contributed by atoms with E-state index >= 15 is 0 Å². The van der Waals surface area contributed by atoms with Crippen molar-refractivity contribution in [1.29, 1.82) is 0 Å². The molecule has 1 atom stereocenters. The topological polar surface area (TPSA) is 86.5 Å². The largest absolute Gasteiger partial charge is 0.496 e. The van der Waals surface area contributed by atoms with Gasteiger partial charge in [-0.25, -0.2) is 0 Å². The molecule has 0 aromatic heterocycles. The highest BCUT2D eigenvalue weighted by atomic mass is 16.6. The number of rotatable bonds is 5. The smallest absolute Gasteiger partial charge is 0.211 e. The third-order valence-corrected chi connectivity index (χ3v) is 4.31. The number of carbonyl (C=O) groups excluding carboxylic acids is 2. The summed E-state index contributed by atoms with van der Waals surface area (Å²) in [6, 6.07) is 13.3. The van der Waals surface area contributed by atoms with Gasteiger partial charge in [0, 0.05) is 21.6 Å². The lowest BCUT2D eigenvalue weighted by atomic mass is 9.82. The van der Waals surface area contributed by atoms with Crippen LogP contribution in [0.15, 0.2) is 48.5 Å². The number of carbonyl (C=O) groups is 2. The Morgan fingerprint density at radius 2 is 1.58 bits per heavy atom. The number of nitro groups is 1. The van der Waals surface area contributed by atoms with E-state index in [-0.39, 0.29) is 11.6 Å². The van der Waals surface area contributed by atoms with E-state index in [4.69, 9.17) is 4.74 Å². The third-order valence-electron chi connectivity index (χ3n) is 4.31. The lowest BCUT2D eigenvalue weighted by Crippen LogP contribution is -2.29.